The molecule has 2 saturated carbocycles. The van der Waals surface area contributed by atoms with Gasteiger partial charge in [-0.3, -0.25) is 9.52 Å². The minimum atomic E-state index is -3.71. The van der Waals surface area contributed by atoms with Gasteiger partial charge in [0.15, 0.2) is 0 Å². The van der Waals surface area contributed by atoms with Crippen LogP contribution < -0.4 is 9.62 Å². The predicted octanol–water partition coefficient (Wildman–Crippen LogP) is 4.48. The van der Waals surface area contributed by atoms with Crippen molar-refractivity contribution in [2.24, 2.45) is 5.41 Å². The molecule has 10 heteroatoms. The molecule has 0 bridgehead atoms. The molecule has 2 spiro atoms. The van der Waals surface area contributed by atoms with E-state index in [2.05, 4.69) is 4.72 Å². The standard InChI is InChI=1S/C28H35N3O5S2/c1-26(2)15-16-31(26)38(35,36)22-6-4-5-20(17-22)25(32)30-19-28(13-11-27(9-10-27)12-14-28)23-18-21(7-8-24(23)30)29-37(3,33)34/h4-8,17-18,29H,9-16,19H2,1-3H3. The molecule has 3 fully saturated rings. The van der Waals surface area contributed by atoms with Gasteiger partial charge in [-0.05, 0) is 106 Å². The fraction of sp³-hybridized carbons (Fsp3) is 0.536. The molecule has 0 radical (unpaired) electrons. The number of fused-ring (bicyclic) bond motifs is 2. The van der Waals surface area contributed by atoms with Crippen LogP contribution >= 0.6 is 0 Å². The highest BCUT2D eigenvalue weighted by Crippen LogP contribution is 2.62. The molecule has 38 heavy (non-hydrogen) atoms. The van der Waals surface area contributed by atoms with Crippen LogP contribution in [-0.2, 0) is 25.5 Å². The Morgan fingerprint density at radius 2 is 1.58 bits per heavy atom. The highest BCUT2D eigenvalue weighted by molar-refractivity contribution is 7.92. The molecule has 204 valence electrons. The Balaban J connectivity index is 1.35. The molecular weight excluding hydrogens is 522 g/mol. The van der Waals surface area contributed by atoms with Gasteiger partial charge in [-0.2, -0.15) is 4.31 Å². The second-order valence-corrected chi connectivity index (χ2v) is 16.1. The maximum Gasteiger partial charge on any atom is 0.258 e. The van der Waals surface area contributed by atoms with E-state index in [4.69, 9.17) is 0 Å². The number of amides is 1. The quantitative estimate of drug-likeness (QED) is 0.584. The van der Waals surface area contributed by atoms with Crippen molar-refractivity contribution in [1.82, 2.24) is 4.31 Å². The maximum atomic E-state index is 14.0. The molecule has 2 aromatic carbocycles. The average Bonchev–Trinajstić information content (AvgIpc) is 3.54. The van der Waals surface area contributed by atoms with Gasteiger partial charge in [-0.15, -0.1) is 0 Å². The predicted molar refractivity (Wildman–Crippen MR) is 147 cm³/mol. The van der Waals surface area contributed by atoms with E-state index in [0.29, 0.717) is 29.8 Å². The van der Waals surface area contributed by atoms with Gasteiger partial charge in [0.1, 0.15) is 0 Å². The molecule has 8 nitrogen and oxygen atoms in total. The second-order valence-electron chi connectivity index (χ2n) is 12.4. The van der Waals surface area contributed by atoms with Gasteiger partial charge in [0.05, 0.1) is 11.2 Å². The van der Waals surface area contributed by atoms with Gasteiger partial charge in [0, 0.05) is 41.0 Å². The van der Waals surface area contributed by atoms with E-state index in [1.165, 1.54) is 23.2 Å². The molecule has 1 saturated heterocycles. The van der Waals surface area contributed by atoms with Crippen molar-refractivity contribution in [2.45, 2.75) is 74.6 Å². The number of carbonyl (C=O) groups excluding carboxylic acids is 1. The Hall–Kier alpha value is -2.43. The molecule has 2 aliphatic heterocycles. The van der Waals surface area contributed by atoms with Crippen LogP contribution in [0.3, 0.4) is 0 Å². The normalized spacial score (nSPS) is 23.2. The first kappa shape index (κ1) is 25.8. The van der Waals surface area contributed by atoms with Crippen LogP contribution in [0.5, 0.6) is 0 Å². The van der Waals surface area contributed by atoms with Gasteiger partial charge in [0.2, 0.25) is 20.0 Å². The summed E-state index contributed by atoms with van der Waals surface area (Å²) in [4.78, 5) is 15.9. The van der Waals surface area contributed by atoms with Gasteiger partial charge in [0.25, 0.3) is 5.91 Å². The molecule has 4 aliphatic rings. The number of sulfonamides is 2. The third-order valence-corrected chi connectivity index (χ3v) is 12.1. The van der Waals surface area contributed by atoms with Crippen molar-refractivity contribution in [3.8, 4) is 0 Å². The SMILES string of the molecule is CC1(C)CCN1S(=O)(=O)c1cccc(C(=O)N2CC3(CCC4(CC4)CC3)c3cc(NS(C)(=O)=O)ccc32)c1. The van der Waals surface area contributed by atoms with Crippen LogP contribution in [0.25, 0.3) is 0 Å². The number of carbonyl (C=O) groups is 1. The molecule has 2 aliphatic carbocycles. The fourth-order valence-electron chi connectivity index (χ4n) is 6.66. The first-order valence-electron chi connectivity index (χ1n) is 13.3. The molecule has 0 aromatic heterocycles. The maximum absolute atomic E-state index is 14.0. The summed E-state index contributed by atoms with van der Waals surface area (Å²) in [6, 6.07) is 11.8. The Morgan fingerprint density at radius 3 is 2.16 bits per heavy atom. The summed E-state index contributed by atoms with van der Waals surface area (Å²) < 4.78 is 54.6. The monoisotopic (exact) mass is 557 g/mol. The lowest BCUT2D eigenvalue weighted by molar-refractivity contribution is 0.0980. The summed E-state index contributed by atoms with van der Waals surface area (Å²) in [5.74, 6) is -0.237. The van der Waals surface area contributed by atoms with Gasteiger partial charge >= 0.3 is 0 Å². The minimum Gasteiger partial charge on any atom is -0.307 e. The second kappa shape index (κ2) is 8.29. The third kappa shape index (κ3) is 4.25. The van der Waals surface area contributed by atoms with Crippen molar-refractivity contribution < 1.29 is 21.6 Å². The van der Waals surface area contributed by atoms with Crippen LogP contribution in [0.15, 0.2) is 47.4 Å². The molecule has 6 rings (SSSR count). The average molecular weight is 558 g/mol. The zero-order valence-electron chi connectivity index (χ0n) is 22.2. The topological polar surface area (TPSA) is 104 Å². The lowest BCUT2D eigenvalue weighted by Crippen LogP contribution is -2.58. The van der Waals surface area contributed by atoms with E-state index >= 15 is 0 Å². The lowest BCUT2D eigenvalue weighted by Gasteiger charge is -2.46. The number of hydrogen-bond donors (Lipinski definition) is 1. The van der Waals surface area contributed by atoms with E-state index in [0.717, 1.165) is 49.6 Å². The highest BCUT2D eigenvalue weighted by Gasteiger charge is 2.54. The van der Waals surface area contributed by atoms with Gasteiger partial charge in [-0.25, -0.2) is 16.8 Å². The molecule has 1 N–H and O–H groups in total. The number of hydrogen-bond acceptors (Lipinski definition) is 5. The first-order chi connectivity index (χ1) is 17.7. The van der Waals surface area contributed by atoms with Crippen molar-refractivity contribution in [1.29, 1.82) is 0 Å². The summed E-state index contributed by atoms with van der Waals surface area (Å²) in [5, 5.41) is 0. The van der Waals surface area contributed by atoms with Crippen molar-refractivity contribution in [3.63, 3.8) is 0 Å². The van der Waals surface area contributed by atoms with Crippen LogP contribution in [0, 0.1) is 5.41 Å². The van der Waals surface area contributed by atoms with E-state index in [1.54, 1.807) is 29.2 Å². The Labute approximate surface area is 225 Å². The van der Waals surface area contributed by atoms with Crippen LogP contribution in [0.2, 0.25) is 0 Å². The zero-order chi connectivity index (χ0) is 27.1. The van der Waals surface area contributed by atoms with E-state index < -0.39 is 25.6 Å². The molecule has 0 atom stereocenters. The summed E-state index contributed by atoms with van der Waals surface area (Å²) in [6.07, 6.45) is 8.58. The summed E-state index contributed by atoms with van der Waals surface area (Å²) >= 11 is 0. The number of rotatable bonds is 5. The third-order valence-electron chi connectivity index (χ3n) is 9.36. The summed E-state index contributed by atoms with van der Waals surface area (Å²) in [5.41, 5.74) is 2.39. The Morgan fingerprint density at radius 1 is 0.895 bits per heavy atom. The highest BCUT2D eigenvalue weighted by atomic mass is 32.2. The van der Waals surface area contributed by atoms with E-state index in [-0.39, 0.29) is 16.2 Å². The fourth-order valence-corrected chi connectivity index (χ4v) is 9.07. The number of benzene rings is 2. The Kier molecular flexibility index (Phi) is 5.63. The van der Waals surface area contributed by atoms with Crippen molar-refractivity contribution >= 4 is 37.3 Å². The minimum absolute atomic E-state index is 0.131. The number of nitrogens with one attached hydrogen (secondary N) is 1. The van der Waals surface area contributed by atoms with E-state index in [1.807, 2.05) is 26.0 Å². The summed E-state index contributed by atoms with van der Waals surface area (Å²) in [6.45, 7) is 4.80. The first-order valence-corrected chi connectivity index (χ1v) is 16.6. The smallest absolute Gasteiger partial charge is 0.258 e. The van der Waals surface area contributed by atoms with Crippen LogP contribution in [-0.4, -0.2) is 51.9 Å². The van der Waals surface area contributed by atoms with Crippen LogP contribution in [0.1, 0.15) is 74.7 Å². The summed E-state index contributed by atoms with van der Waals surface area (Å²) in [7, 11) is -7.15. The number of nitrogens with zero attached hydrogens (tertiary/aromatic N) is 2. The molecule has 0 unspecified atom stereocenters. The van der Waals surface area contributed by atoms with Gasteiger partial charge < -0.3 is 4.90 Å². The molecular formula is C28H35N3O5S2. The van der Waals surface area contributed by atoms with Crippen molar-refractivity contribution in [2.75, 3.05) is 29.0 Å². The lowest BCUT2D eigenvalue weighted by atomic mass is 9.66. The largest absolute Gasteiger partial charge is 0.307 e. The molecule has 2 aromatic rings. The molecule has 2 heterocycles. The van der Waals surface area contributed by atoms with E-state index in [9.17, 15) is 21.6 Å². The van der Waals surface area contributed by atoms with Crippen molar-refractivity contribution in [3.05, 3.63) is 53.6 Å². The van der Waals surface area contributed by atoms with Crippen LogP contribution in [0.4, 0.5) is 11.4 Å². The number of anilines is 2. The zero-order valence-corrected chi connectivity index (χ0v) is 23.8. The Bertz CT molecular complexity index is 1530. The molecule has 1 amide bonds. The van der Waals surface area contributed by atoms with Gasteiger partial charge in [-0.1, -0.05) is 6.07 Å².